The molecule has 1 aromatic heterocycles. The van der Waals surface area contributed by atoms with Crippen molar-refractivity contribution in [3.63, 3.8) is 0 Å². The second kappa shape index (κ2) is 9.01. The average Bonchev–Trinajstić information content (AvgIpc) is 2.95. The predicted molar refractivity (Wildman–Crippen MR) is 169 cm³/mol. The van der Waals surface area contributed by atoms with Crippen molar-refractivity contribution in [2.75, 3.05) is 0 Å². The second-order valence-electron chi connectivity index (χ2n) is 13.0. The lowest BCUT2D eigenvalue weighted by atomic mass is 9.64. The summed E-state index contributed by atoms with van der Waals surface area (Å²) in [5.74, 6) is -1.02. The van der Waals surface area contributed by atoms with Gasteiger partial charge < -0.3 is 5.11 Å². The molecule has 3 heteroatoms. The molecular formula is C38H33NO2. The molecular weight excluding hydrogens is 502 g/mol. The third-order valence-electron chi connectivity index (χ3n) is 8.88. The van der Waals surface area contributed by atoms with Gasteiger partial charge in [0.1, 0.15) is 5.69 Å². The Hall–Kier alpha value is -4.50. The number of aromatic carboxylic acids is 1. The molecule has 1 heterocycles. The van der Waals surface area contributed by atoms with Gasteiger partial charge in [-0.05, 0) is 103 Å². The fraction of sp³-hybridized carbons (Fsp3) is 0.211. The van der Waals surface area contributed by atoms with E-state index < -0.39 is 5.97 Å². The number of carbonyl (C=O) groups is 1. The summed E-state index contributed by atoms with van der Waals surface area (Å²) in [6, 6.07) is 27.7. The minimum absolute atomic E-state index is 0.0466. The van der Waals surface area contributed by atoms with Gasteiger partial charge in [-0.1, -0.05) is 100 Å². The summed E-state index contributed by atoms with van der Waals surface area (Å²) in [5.41, 5.74) is 10.4. The smallest absolute Gasteiger partial charge is 0.354 e. The minimum Gasteiger partial charge on any atom is -0.477 e. The molecule has 0 atom stereocenters. The van der Waals surface area contributed by atoms with Crippen molar-refractivity contribution in [1.82, 2.24) is 4.98 Å². The van der Waals surface area contributed by atoms with E-state index in [4.69, 9.17) is 0 Å². The number of carboxylic acid groups (broad SMARTS) is 1. The molecule has 0 spiro atoms. The Bertz CT molecular complexity index is 1960. The maximum absolute atomic E-state index is 11.4. The number of pyridine rings is 1. The van der Waals surface area contributed by atoms with Crippen LogP contribution in [-0.4, -0.2) is 16.1 Å². The summed E-state index contributed by atoms with van der Waals surface area (Å²) < 4.78 is 0. The molecule has 0 saturated heterocycles. The lowest BCUT2D eigenvalue weighted by Gasteiger charge is -2.40. The molecule has 1 N–H and O–H groups in total. The van der Waals surface area contributed by atoms with Gasteiger partial charge in [0, 0.05) is 11.8 Å². The van der Waals surface area contributed by atoms with Gasteiger partial charge in [0.05, 0.1) is 0 Å². The zero-order valence-electron chi connectivity index (χ0n) is 24.0. The van der Waals surface area contributed by atoms with Crippen molar-refractivity contribution in [3.8, 4) is 22.3 Å². The van der Waals surface area contributed by atoms with Crippen molar-refractivity contribution in [3.05, 3.63) is 120 Å². The topological polar surface area (TPSA) is 50.2 Å². The van der Waals surface area contributed by atoms with Gasteiger partial charge in [0.25, 0.3) is 0 Å². The van der Waals surface area contributed by atoms with Gasteiger partial charge in [-0.15, -0.1) is 0 Å². The van der Waals surface area contributed by atoms with E-state index in [9.17, 15) is 9.90 Å². The molecule has 0 fully saturated rings. The summed E-state index contributed by atoms with van der Waals surface area (Å²) in [4.78, 5) is 15.6. The highest BCUT2D eigenvalue weighted by Gasteiger charge is 2.36. The summed E-state index contributed by atoms with van der Waals surface area (Å²) in [5, 5.41) is 14.1. The number of rotatable bonds is 3. The summed E-state index contributed by atoms with van der Waals surface area (Å²) >= 11 is 0. The zero-order valence-corrected chi connectivity index (χ0v) is 24.0. The quantitative estimate of drug-likeness (QED) is 0.250. The molecule has 7 rings (SSSR count). The fourth-order valence-electron chi connectivity index (χ4n) is 7.05. The summed E-state index contributed by atoms with van der Waals surface area (Å²) in [7, 11) is 0. The van der Waals surface area contributed by atoms with Crippen LogP contribution < -0.4 is 0 Å². The van der Waals surface area contributed by atoms with Gasteiger partial charge >= 0.3 is 5.97 Å². The first-order valence-electron chi connectivity index (χ1n) is 14.3. The molecule has 0 saturated carbocycles. The van der Waals surface area contributed by atoms with Crippen LogP contribution in [0.1, 0.15) is 62.2 Å². The fourth-order valence-corrected chi connectivity index (χ4v) is 7.05. The van der Waals surface area contributed by atoms with Crippen LogP contribution in [0, 0.1) is 5.41 Å². The monoisotopic (exact) mass is 535 g/mol. The van der Waals surface area contributed by atoms with E-state index >= 15 is 0 Å². The van der Waals surface area contributed by atoms with E-state index in [1.54, 1.807) is 17.8 Å². The van der Waals surface area contributed by atoms with E-state index in [0.29, 0.717) is 0 Å². The minimum atomic E-state index is -1.02. The van der Waals surface area contributed by atoms with Crippen LogP contribution in [0.4, 0.5) is 0 Å². The van der Waals surface area contributed by atoms with Gasteiger partial charge in [0.2, 0.25) is 0 Å². The van der Waals surface area contributed by atoms with Crippen LogP contribution in [0.2, 0.25) is 0 Å². The van der Waals surface area contributed by atoms with Crippen LogP contribution in [0.3, 0.4) is 0 Å². The van der Waals surface area contributed by atoms with Gasteiger partial charge in [0.15, 0.2) is 0 Å². The highest BCUT2D eigenvalue weighted by atomic mass is 16.4. The lowest BCUT2D eigenvalue weighted by molar-refractivity contribution is 0.0690. The van der Waals surface area contributed by atoms with Gasteiger partial charge in [-0.2, -0.15) is 0 Å². The molecule has 0 amide bonds. The summed E-state index contributed by atoms with van der Waals surface area (Å²) in [6.45, 7) is 9.45. The molecule has 2 aliphatic carbocycles. The number of hydrogen-bond acceptors (Lipinski definition) is 2. The SMILES string of the molecule is CC1(C)C=CC2=C(C1)CC(C)(C)c1c2ccc2cc(-c3cc(-c4ccc(C(=O)O)nc4)c4ccccc4c3)ccc12. The average molecular weight is 536 g/mol. The number of allylic oxidation sites excluding steroid dienone is 4. The number of benzene rings is 4. The Morgan fingerprint density at radius 2 is 1.51 bits per heavy atom. The Balaban J connectivity index is 1.37. The molecule has 41 heavy (non-hydrogen) atoms. The lowest BCUT2D eigenvalue weighted by Crippen LogP contribution is -2.27. The van der Waals surface area contributed by atoms with E-state index in [2.05, 4.69) is 105 Å². The number of aromatic nitrogens is 1. The molecule has 0 unspecified atom stereocenters. The molecule has 3 nitrogen and oxygen atoms in total. The zero-order chi connectivity index (χ0) is 28.5. The molecule has 0 radical (unpaired) electrons. The second-order valence-corrected chi connectivity index (χ2v) is 13.0. The van der Waals surface area contributed by atoms with Gasteiger partial charge in [-0.25, -0.2) is 9.78 Å². The van der Waals surface area contributed by atoms with Crippen molar-refractivity contribution >= 4 is 33.1 Å². The highest BCUT2D eigenvalue weighted by molar-refractivity contribution is 6.02. The third-order valence-corrected chi connectivity index (χ3v) is 8.88. The van der Waals surface area contributed by atoms with Crippen molar-refractivity contribution in [2.24, 2.45) is 5.41 Å². The van der Waals surface area contributed by atoms with E-state index in [1.807, 2.05) is 12.1 Å². The maximum atomic E-state index is 11.4. The van der Waals surface area contributed by atoms with Crippen LogP contribution >= 0.6 is 0 Å². The molecule has 202 valence electrons. The maximum Gasteiger partial charge on any atom is 0.354 e. The largest absolute Gasteiger partial charge is 0.477 e. The first-order valence-corrected chi connectivity index (χ1v) is 14.3. The Morgan fingerprint density at radius 1 is 0.756 bits per heavy atom. The van der Waals surface area contributed by atoms with Crippen molar-refractivity contribution in [1.29, 1.82) is 0 Å². The highest BCUT2D eigenvalue weighted by Crippen LogP contribution is 2.51. The first kappa shape index (κ1) is 25.5. The Labute approximate surface area is 240 Å². The molecule has 0 bridgehead atoms. The summed E-state index contributed by atoms with van der Waals surface area (Å²) in [6.07, 6.45) is 8.61. The molecule has 4 aromatic carbocycles. The van der Waals surface area contributed by atoms with Gasteiger partial charge in [-0.3, -0.25) is 0 Å². The van der Waals surface area contributed by atoms with Crippen LogP contribution in [0.25, 0.3) is 49.4 Å². The van der Waals surface area contributed by atoms with E-state index in [1.165, 1.54) is 27.5 Å². The first-order chi connectivity index (χ1) is 19.6. The van der Waals surface area contributed by atoms with Crippen LogP contribution in [-0.2, 0) is 5.41 Å². The van der Waals surface area contributed by atoms with E-state index in [-0.39, 0.29) is 16.5 Å². The number of hydrogen-bond donors (Lipinski definition) is 1. The van der Waals surface area contributed by atoms with Crippen molar-refractivity contribution in [2.45, 2.75) is 46.0 Å². The van der Waals surface area contributed by atoms with Crippen molar-refractivity contribution < 1.29 is 9.90 Å². The third kappa shape index (κ3) is 4.28. The number of nitrogens with zero attached hydrogens (tertiary/aromatic N) is 1. The Kier molecular flexibility index (Phi) is 5.59. The Morgan fingerprint density at radius 3 is 2.29 bits per heavy atom. The molecule has 5 aromatic rings. The number of fused-ring (bicyclic) bond motifs is 5. The predicted octanol–water partition coefficient (Wildman–Crippen LogP) is 9.84. The van der Waals surface area contributed by atoms with Crippen LogP contribution in [0.5, 0.6) is 0 Å². The molecule has 2 aliphatic rings. The number of carboxylic acids is 1. The molecule has 0 aliphatic heterocycles. The van der Waals surface area contributed by atoms with E-state index in [0.717, 1.165) is 45.9 Å². The standard InChI is InChI=1S/C38H33NO2/c1-37(2)16-15-30-28(20-37)21-38(3,4)35-31-12-9-23(17-25(31)10-13-32(30)35)27-18-24-7-5-6-8-29(24)33(19-27)26-11-14-34(36(40)41)39-22-26/h5-19,22H,20-21H2,1-4H3,(H,40,41). The normalized spacial score (nSPS) is 17.0. The van der Waals surface area contributed by atoms with Crippen LogP contribution in [0.15, 0.2) is 103 Å².